The third-order valence-electron chi connectivity index (χ3n) is 2.95. The van der Waals surface area contributed by atoms with Crippen molar-refractivity contribution in [3.8, 4) is 5.75 Å². The number of hydrogen-bond donors (Lipinski definition) is 1. The maximum Gasteiger partial charge on any atom is 0.313 e. The molecule has 0 aromatic heterocycles. The van der Waals surface area contributed by atoms with E-state index in [2.05, 4.69) is 0 Å². The number of rotatable bonds is 3. The Balaban J connectivity index is 2.40. The zero-order chi connectivity index (χ0) is 13.3. The summed E-state index contributed by atoms with van der Waals surface area (Å²) in [6.07, 6.45) is 0.0595. The Bertz CT molecular complexity index is 480. The highest BCUT2D eigenvalue weighted by Gasteiger charge is 2.26. The molecule has 7 heteroatoms. The highest BCUT2D eigenvalue weighted by atomic mass is 19.1. The Morgan fingerprint density at radius 2 is 2.33 bits per heavy atom. The molecule has 1 aromatic rings. The quantitative estimate of drug-likeness (QED) is 0.652. The number of ether oxygens (including phenoxy) is 1. The van der Waals surface area contributed by atoms with Crippen LogP contribution in [0.3, 0.4) is 0 Å². The van der Waals surface area contributed by atoms with Crippen molar-refractivity contribution in [2.24, 2.45) is 0 Å². The molecule has 1 aliphatic heterocycles. The van der Waals surface area contributed by atoms with Crippen molar-refractivity contribution < 1.29 is 19.2 Å². The van der Waals surface area contributed by atoms with E-state index < -0.39 is 22.5 Å². The third-order valence-corrected chi connectivity index (χ3v) is 2.95. The number of hydrogen-bond acceptors (Lipinski definition) is 5. The number of anilines is 1. The van der Waals surface area contributed by atoms with Crippen molar-refractivity contribution in [1.29, 1.82) is 0 Å². The fourth-order valence-electron chi connectivity index (χ4n) is 2.04. The fraction of sp³-hybridized carbons (Fsp3) is 0.455. The maximum atomic E-state index is 13.8. The van der Waals surface area contributed by atoms with E-state index in [0.717, 1.165) is 6.07 Å². The van der Waals surface area contributed by atoms with Gasteiger partial charge in [-0.1, -0.05) is 0 Å². The number of benzene rings is 1. The van der Waals surface area contributed by atoms with Crippen molar-refractivity contribution in [2.45, 2.75) is 12.5 Å². The largest absolute Gasteiger partial charge is 0.490 e. The molecule has 1 aliphatic rings. The first-order chi connectivity index (χ1) is 8.52. The van der Waals surface area contributed by atoms with Gasteiger partial charge in [0, 0.05) is 19.2 Å². The molecular formula is C11H13FN2O4. The van der Waals surface area contributed by atoms with E-state index in [9.17, 15) is 19.6 Å². The molecule has 1 saturated heterocycles. The lowest BCUT2D eigenvalue weighted by Gasteiger charge is -2.19. The van der Waals surface area contributed by atoms with Crippen LogP contribution in [-0.4, -0.2) is 36.3 Å². The smallest absolute Gasteiger partial charge is 0.313 e. The Morgan fingerprint density at radius 1 is 1.61 bits per heavy atom. The van der Waals surface area contributed by atoms with E-state index >= 15 is 0 Å². The second kappa shape index (κ2) is 4.77. The van der Waals surface area contributed by atoms with Gasteiger partial charge in [-0.05, 0) is 6.42 Å². The first-order valence-electron chi connectivity index (χ1n) is 5.48. The number of aliphatic hydroxyl groups excluding tert-OH is 1. The summed E-state index contributed by atoms with van der Waals surface area (Å²) < 4.78 is 18.7. The summed E-state index contributed by atoms with van der Waals surface area (Å²) in [5.74, 6) is -0.672. The lowest BCUT2D eigenvalue weighted by atomic mass is 10.2. The second-order valence-electron chi connectivity index (χ2n) is 4.12. The van der Waals surface area contributed by atoms with Crippen LogP contribution >= 0.6 is 0 Å². The zero-order valence-electron chi connectivity index (χ0n) is 9.80. The van der Waals surface area contributed by atoms with Crippen molar-refractivity contribution in [2.75, 3.05) is 25.1 Å². The SMILES string of the molecule is COc1cc(N2CCC(O)C2)c(F)cc1[N+](=O)[O-]. The number of β-amino-alcohol motifs (C(OH)–C–C–N with tert-alkyl or cyclic N) is 1. The van der Waals surface area contributed by atoms with Crippen LogP contribution in [0.2, 0.25) is 0 Å². The van der Waals surface area contributed by atoms with Gasteiger partial charge in [-0.2, -0.15) is 0 Å². The Labute approximate surface area is 103 Å². The predicted octanol–water partition coefficient (Wildman–Crippen LogP) is 1.31. The van der Waals surface area contributed by atoms with Gasteiger partial charge in [0.25, 0.3) is 0 Å². The van der Waals surface area contributed by atoms with Crippen LogP contribution in [0.15, 0.2) is 12.1 Å². The lowest BCUT2D eigenvalue weighted by molar-refractivity contribution is -0.385. The molecule has 0 radical (unpaired) electrons. The van der Waals surface area contributed by atoms with Gasteiger partial charge in [0.05, 0.1) is 29.9 Å². The molecule has 1 N–H and O–H groups in total. The summed E-state index contributed by atoms with van der Waals surface area (Å²) in [5.41, 5.74) is -0.188. The fourth-order valence-corrected chi connectivity index (χ4v) is 2.04. The summed E-state index contributed by atoms with van der Waals surface area (Å²) in [6.45, 7) is 0.830. The van der Waals surface area contributed by atoms with E-state index in [1.807, 2.05) is 0 Å². The molecule has 1 fully saturated rings. The van der Waals surface area contributed by atoms with Crippen molar-refractivity contribution in [3.63, 3.8) is 0 Å². The maximum absolute atomic E-state index is 13.8. The van der Waals surface area contributed by atoms with Crippen LogP contribution in [0, 0.1) is 15.9 Å². The molecule has 98 valence electrons. The molecule has 1 atom stereocenters. The van der Waals surface area contributed by atoms with Gasteiger partial charge in [-0.15, -0.1) is 0 Å². The van der Waals surface area contributed by atoms with Gasteiger partial charge in [-0.3, -0.25) is 10.1 Å². The van der Waals surface area contributed by atoms with Gasteiger partial charge in [-0.25, -0.2) is 4.39 Å². The van der Waals surface area contributed by atoms with Gasteiger partial charge < -0.3 is 14.7 Å². The average Bonchev–Trinajstić information content (AvgIpc) is 2.75. The average molecular weight is 256 g/mol. The van der Waals surface area contributed by atoms with Crippen molar-refractivity contribution in [1.82, 2.24) is 0 Å². The van der Waals surface area contributed by atoms with Gasteiger partial charge >= 0.3 is 5.69 Å². The monoisotopic (exact) mass is 256 g/mol. The number of nitrogens with zero attached hydrogens (tertiary/aromatic N) is 2. The molecule has 18 heavy (non-hydrogen) atoms. The number of aliphatic hydroxyl groups is 1. The number of halogens is 1. The molecule has 1 unspecified atom stereocenters. The summed E-state index contributed by atoms with van der Waals surface area (Å²) in [6, 6.07) is 2.14. The minimum absolute atomic E-state index is 0.0118. The Kier molecular flexibility index (Phi) is 3.33. The second-order valence-corrected chi connectivity index (χ2v) is 4.12. The molecule has 2 rings (SSSR count). The number of nitro benzene ring substituents is 1. The number of nitro groups is 1. The van der Waals surface area contributed by atoms with E-state index in [0.29, 0.717) is 19.5 Å². The first kappa shape index (κ1) is 12.6. The van der Waals surface area contributed by atoms with Crippen LogP contribution in [0.5, 0.6) is 5.75 Å². The van der Waals surface area contributed by atoms with Crippen molar-refractivity contribution >= 4 is 11.4 Å². The highest BCUT2D eigenvalue weighted by molar-refractivity contribution is 5.60. The first-order valence-corrected chi connectivity index (χ1v) is 5.48. The lowest BCUT2D eigenvalue weighted by Crippen LogP contribution is -2.22. The molecule has 1 aromatic carbocycles. The molecule has 0 bridgehead atoms. The van der Waals surface area contributed by atoms with Crippen LogP contribution in [-0.2, 0) is 0 Å². The summed E-state index contributed by atoms with van der Waals surface area (Å²) in [5, 5.41) is 20.1. The zero-order valence-corrected chi connectivity index (χ0v) is 9.80. The molecule has 0 aliphatic carbocycles. The highest BCUT2D eigenvalue weighted by Crippen LogP contribution is 2.35. The van der Waals surface area contributed by atoms with Crippen LogP contribution in [0.4, 0.5) is 15.8 Å². The Morgan fingerprint density at radius 3 is 2.83 bits per heavy atom. The van der Waals surface area contributed by atoms with Crippen LogP contribution in [0.1, 0.15) is 6.42 Å². The van der Waals surface area contributed by atoms with E-state index in [1.165, 1.54) is 13.2 Å². The standard InChI is InChI=1S/C11H13FN2O4/c1-18-11-5-9(13-3-2-7(15)6-13)8(12)4-10(11)14(16)17/h4-5,7,15H,2-3,6H2,1H3. The third kappa shape index (κ3) is 2.21. The van der Waals surface area contributed by atoms with Crippen LogP contribution in [0.25, 0.3) is 0 Å². The summed E-state index contributed by atoms with van der Waals surface area (Å²) in [4.78, 5) is 11.7. The van der Waals surface area contributed by atoms with E-state index in [1.54, 1.807) is 4.90 Å². The molecule has 1 heterocycles. The summed E-state index contributed by atoms with van der Waals surface area (Å²) in [7, 11) is 1.29. The minimum Gasteiger partial charge on any atom is -0.490 e. The topological polar surface area (TPSA) is 75.8 Å². The molecule has 0 amide bonds. The van der Waals surface area contributed by atoms with E-state index in [4.69, 9.17) is 4.74 Å². The minimum atomic E-state index is -0.690. The number of methoxy groups -OCH3 is 1. The molecule has 0 saturated carbocycles. The van der Waals surface area contributed by atoms with Gasteiger partial charge in [0.15, 0.2) is 11.6 Å². The predicted molar refractivity (Wildman–Crippen MR) is 62.4 cm³/mol. The van der Waals surface area contributed by atoms with E-state index in [-0.39, 0.29) is 11.4 Å². The van der Waals surface area contributed by atoms with Crippen molar-refractivity contribution in [3.05, 3.63) is 28.1 Å². The Hall–Kier alpha value is -1.89. The molecule has 0 spiro atoms. The molecule has 6 nitrogen and oxygen atoms in total. The summed E-state index contributed by atoms with van der Waals surface area (Å²) >= 11 is 0. The van der Waals surface area contributed by atoms with Gasteiger partial charge in [0.1, 0.15) is 0 Å². The molecular weight excluding hydrogens is 243 g/mol. The van der Waals surface area contributed by atoms with Crippen LogP contribution < -0.4 is 9.64 Å². The normalized spacial score (nSPS) is 19.1. The van der Waals surface area contributed by atoms with Gasteiger partial charge in [0.2, 0.25) is 0 Å².